The van der Waals surface area contributed by atoms with Crippen LogP contribution >= 0.6 is 0 Å². The van der Waals surface area contributed by atoms with Gasteiger partial charge in [0.05, 0.1) is 113 Å². The Morgan fingerprint density at radius 1 is 0.174 bits per heavy atom. The largest absolute Gasteiger partial charge is 0.354 e. The number of nitrogens with one attached hydrogen (secondary N) is 6. The normalized spacial score (nSPS) is 11.8. The fourth-order valence-electron chi connectivity index (χ4n) is 12.6. The lowest BCUT2D eigenvalue weighted by Gasteiger charge is -2.04. The number of hydrogen-bond acceptors (Lipinski definition) is 6. The number of benzene rings is 8. The molecule has 2 aliphatic rings. The van der Waals surface area contributed by atoms with Crippen LogP contribution in [0.25, 0.3) is 182 Å². The highest BCUT2D eigenvalue weighted by atomic mass is 15.0. The second kappa shape index (κ2) is 22.7. The lowest BCUT2D eigenvalue weighted by atomic mass is 10.1. The highest BCUT2D eigenvalue weighted by Gasteiger charge is 2.27. The fraction of sp³-hybridized carbons (Fsp3) is 0. The number of H-pyrrole nitrogens is 6. The monoisotopic (exact) mass is 1180 g/mol. The van der Waals surface area contributed by atoms with Gasteiger partial charge in [0.2, 0.25) is 0 Å². The minimum atomic E-state index is 0.620. The van der Waals surface area contributed by atoms with Crippen LogP contribution in [0.1, 0.15) is 22.8 Å². The third-order valence-corrected chi connectivity index (χ3v) is 17.0. The Hall–Kier alpha value is -12.8. The molecule has 0 spiro atoms. The molecule has 0 aliphatic carbocycles. The zero-order valence-electron chi connectivity index (χ0n) is 49.4. The van der Waals surface area contributed by atoms with Crippen molar-refractivity contribution in [3.05, 3.63) is 290 Å². The van der Waals surface area contributed by atoms with Crippen molar-refractivity contribution in [2.75, 3.05) is 0 Å². The number of aromatic amines is 6. The van der Waals surface area contributed by atoms with Crippen LogP contribution in [0, 0.1) is 0 Å². The van der Waals surface area contributed by atoms with E-state index in [0.29, 0.717) is 46.1 Å². The molecule has 92 heavy (non-hydrogen) atoms. The summed E-state index contributed by atoms with van der Waals surface area (Å²) in [5.41, 5.74) is 23.3. The molecule has 8 aromatic carbocycles. The zero-order chi connectivity index (χ0) is 60.9. The van der Waals surface area contributed by atoms with Crippen molar-refractivity contribution >= 4 is 46.4 Å². The maximum absolute atomic E-state index is 5.72. The third-order valence-electron chi connectivity index (χ3n) is 17.0. The lowest BCUT2D eigenvalue weighted by Crippen LogP contribution is -1.92. The van der Waals surface area contributed by atoms with Gasteiger partial charge in [-0.3, -0.25) is 0 Å². The van der Waals surface area contributed by atoms with E-state index < -0.39 is 0 Å². The van der Waals surface area contributed by atoms with Gasteiger partial charge in [-0.15, -0.1) is 0 Å². The maximum Gasteiger partial charge on any atom is 0.142 e. The molecule has 0 saturated heterocycles. The summed E-state index contributed by atoms with van der Waals surface area (Å²) in [5, 5.41) is 0. The van der Waals surface area contributed by atoms with E-state index in [4.69, 9.17) is 29.9 Å². The maximum atomic E-state index is 5.72. The van der Waals surface area contributed by atoms with Gasteiger partial charge in [0.25, 0.3) is 0 Å². The van der Waals surface area contributed by atoms with Gasteiger partial charge in [-0.2, -0.15) is 0 Å². The summed E-state index contributed by atoms with van der Waals surface area (Å²) < 4.78 is 0. The summed E-state index contributed by atoms with van der Waals surface area (Å²) >= 11 is 0. The molecule has 8 bridgehead atoms. The molecule has 0 unspecified atom stereocenters. The summed E-state index contributed by atoms with van der Waals surface area (Å²) in [6, 6.07) is 91.2. The van der Waals surface area contributed by atoms with Crippen LogP contribution in [0.3, 0.4) is 0 Å². The van der Waals surface area contributed by atoms with Crippen LogP contribution < -0.4 is 0 Å². The van der Waals surface area contributed by atoms with Gasteiger partial charge >= 0.3 is 0 Å². The van der Waals surface area contributed by atoms with E-state index in [1.807, 2.05) is 97.1 Å². The molecule has 0 fully saturated rings. The Labute approximate surface area is 528 Å². The number of aromatic nitrogens is 12. The summed E-state index contributed by atoms with van der Waals surface area (Å²) in [6.45, 7) is 0. The molecule has 12 nitrogen and oxygen atoms in total. The van der Waals surface area contributed by atoms with Crippen LogP contribution in [0.5, 0.6) is 0 Å². The number of hydrogen-bond donors (Lipinski definition) is 6. The Bertz CT molecular complexity index is 4560. The van der Waals surface area contributed by atoms with Crippen molar-refractivity contribution in [2.45, 2.75) is 0 Å². The highest BCUT2D eigenvalue weighted by molar-refractivity contribution is 6.00. The molecule has 7 aromatic heterocycles. The van der Waals surface area contributed by atoms with Crippen molar-refractivity contribution in [1.29, 1.82) is 0 Å². The van der Waals surface area contributed by atoms with E-state index in [1.54, 1.807) is 0 Å². The first-order valence-corrected chi connectivity index (χ1v) is 30.6. The summed E-state index contributed by atoms with van der Waals surface area (Å²) in [4.78, 5) is 57.1. The minimum absolute atomic E-state index is 0.620. The molecule has 6 N–H and O–H groups in total. The fourth-order valence-corrected chi connectivity index (χ4v) is 12.6. The molecule has 9 heterocycles. The Morgan fingerprint density at radius 3 is 0.554 bits per heavy atom. The first-order chi connectivity index (χ1) is 45.6. The molecule has 15 aromatic rings. The van der Waals surface area contributed by atoms with Crippen molar-refractivity contribution in [2.24, 2.45) is 0 Å². The Balaban J connectivity index is 1.01. The van der Waals surface area contributed by atoms with E-state index >= 15 is 0 Å². The molecule has 0 amide bonds. The second-order valence-corrected chi connectivity index (χ2v) is 22.7. The molecule has 0 saturated carbocycles. The van der Waals surface area contributed by atoms with Crippen molar-refractivity contribution in [3.8, 4) is 136 Å². The van der Waals surface area contributed by atoms with Crippen LogP contribution in [0.4, 0.5) is 0 Å². The predicted octanol–water partition coefficient (Wildman–Crippen LogP) is 19.6. The second-order valence-electron chi connectivity index (χ2n) is 22.7. The molecular formula is C80H54N12. The van der Waals surface area contributed by atoms with Gasteiger partial charge < -0.3 is 29.9 Å². The van der Waals surface area contributed by atoms with Crippen molar-refractivity contribution < 1.29 is 0 Å². The molecule has 434 valence electrons. The summed E-state index contributed by atoms with van der Waals surface area (Å²) in [5.74, 6) is 2.48. The standard InChI is InChI=1S/C80H54N12/c1-9-25-49(26-10-1)69-70(50-27-11-2-12-28-50)86-77(85-69)65-57-41-43-59(81-57)66(78-87-71(51-29-13-3-14-30-51)72(88-78)52-31-15-4-16-32-52)61-45-47-63(83-61)68(80-91-75(55-37-21-7-22-38-55)76(92-80)56-39-23-8-24-40-56)64-48-46-62(84-64)67(60-44-42-58(65)82-60)79-89-73(53-33-17-5-18-34-53)74(90-79)54-35-19-6-20-36-54/h1-48,81,84H,(H,85,86)(H,87,88)(H,89,90)(H,91,92). The molecule has 0 radical (unpaired) electrons. The Morgan fingerprint density at radius 2 is 0.359 bits per heavy atom. The van der Waals surface area contributed by atoms with E-state index in [2.05, 4.69) is 224 Å². The zero-order valence-corrected chi connectivity index (χ0v) is 49.4. The molecular weight excluding hydrogens is 1130 g/mol. The topological polar surface area (TPSA) is 172 Å². The number of rotatable bonds is 12. The highest BCUT2D eigenvalue weighted by Crippen LogP contribution is 2.43. The average molecular weight is 1180 g/mol. The van der Waals surface area contributed by atoms with Gasteiger partial charge in [0.1, 0.15) is 23.3 Å². The number of nitrogens with zero attached hydrogens (tertiary/aromatic N) is 6. The van der Waals surface area contributed by atoms with E-state index in [-0.39, 0.29) is 0 Å². The van der Waals surface area contributed by atoms with E-state index in [1.165, 1.54) is 0 Å². The summed E-state index contributed by atoms with van der Waals surface area (Å²) in [7, 11) is 0. The molecule has 2 aliphatic heterocycles. The van der Waals surface area contributed by atoms with Crippen molar-refractivity contribution in [1.82, 2.24) is 59.8 Å². The quantitative estimate of drug-likeness (QED) is 0.0711. The molecule has 12 heteroatoms. The minimum Gasteiger partial charge on any atom is -0.354 e. The third kappa shape index (κ3) is 9.68. The SMILES string of the molecule is C1=Cc2nc1c(-c1nc(-c3ccccc3)c(-c3ccccc3)[nH]1)c1ccc([nH]1)c(-c1nc(-c3ccccc3)c(-c3ccccc3)[nH]1)c1nc(c(-c3nc(-c4ccccc4)c(-c4ccccc4)[nH]3)c3ccc([nH]3)c2-c2nc(-c3ccccc3)c(-c3ccccc3)[nH]2)C=C1. The van der Waals surface area contributed by atoms with E-state index in [0.717, 1.165) is 134 Å². The number of imidazole rings is 4. The number of fused-ring (bicyclic) bond motifs is 8. The lowest BCUT2D eigenvalue weighted by molar-refractivity contribution is 1.24. The van der Waals surface area contributed by atoms with Crippen LogP contribution in [-0.2, 0) is 0 Å². The van der Waals surface area contributed by atoms with Gasteiger partial charge in [0, 0.05) is 44.5 Å². The first kappa shape index (κ1) is 53.4. The van der Waals surface area contributed by atoms with Crippen molar-refractivity contribution in [3.63, 3.8) is 0 Å². The predicted molar refractivity (Wildman–Crippen MR) is 373 cm³/mol. The van der Waals surface area contributed by atoms with Gasteiger partial charge in [-0.25, -0.2) is 29.9 Å². The first-order valence-electron chi connectivity index (χ1n) is 30.6. The van der Waals surface area contributed by atoms with Crippen LogP contribution in [0.15, 0.2) is 267 Å². The summed E-state index contributed by atoms with van der Waals surface area (Å²) in [6.07, 6.45) is 8.32. The van der Waals surface area contributed by atoms with Crippen LogP contribution in [0.2, 0.25) is 0 Å². The molecule has 0 atom stereocenters. The molecule has 17 rings (SSSR count). The van der Waals surface area contributed by atoms with Gasteiger partial charge in [-0.05, 0) is 48.6 Å². The van der Waals surface area contributed by atoms with E-state index in [9.17, 15) is 0 Å². The smallest absolute Gasteiger partial charge is 0.142 e. The van der Waals surface area contributed by atoms with Gasteiger partial charge in [0.15, 0.2) is 0 Å². The van der Waals surface area contributed by atoms with Gasteiger partial charge in [-0.1, -0.05) is 243 Å². The average Bonchev–Trinajstić information content (AvgIpc) is 1.64. The Kier molecular flexibility index (Phi) is 13.2. The van der Waals surface area contributed by atoms with Crippen LogP contribution in [-0.4, -0.2) is 59.8 Å².